The molecule has 4 rings (SSSR count). The molecule has 0 aliphatic rings. The second kappa shape index (κ2) is 7.97. The van der Waals surface area contributed by atoms with Crippen LogP contribution in [0, 0.1) is 6.92 Å². The Morgan fingerprint density at radius 1 is 1.00 bits per heavy atom. The predicted octanol–water partition coefficient (Wildman–Crippen LogP) is 6.03. The maximum Gasteiger partial charge on any atom is 0.252 e. The third-order valence-corrected chi connectivity index (χ3v) is 5.84. The SMILES string of the molecule is Cc1ccc(Nc2ccc(N)s2)cc1C(=O)N[C@H](C)c1cccc2ccccc12. The molecule has 1 aromatic heterocycles. The topological polar surface area (TPSA) is 67.1 Å². The molecule has 4 nitrogen and oxygen atoms in total. The lowest BCUT2D eigenvalue weighted by atomic mass is 9.99. The molecule has 0 unspecified atom stereocenters. The van der Waals surface area contributed by atoms with Gasteiger partial charge in [0.2, 0.25) is 0 Å². The van der Waals surface area contributed by atoms with Crippen LogP contribution in [-0.4, -0.2) is 5.91 Å². The van der Waals surface area contributed by atoms with Crippen LogP contribution in [0.1, 0.15) is 34.5 Å². The number of nitrogens with one attached hydrogen (secondary N) is 2. The van der Waals surface area contributed by atoms with Crippen molar-refractivity contribution in [3.8, 4) is 0 Å². The summed E-state index contributed by atoms with van der Waals surface area (Å²) in [6.45, 7) is 3.97. The van der Waals surface area contributed by atoms with Gasteiger partial charge in [0.05, 0.1) is 16.0 Å². The standard InChI is InChI=1S/C24H23N3OS/c1-15-10-11-18(27-23-13-12-22(25)29-23)14-21(15)24(28)26-16(2)19-9-5-7-17-6-3-4-8-20(17)19/h3-14,16,27H,25H2,1-2H3,(H,26,28)/t16-/m1/s1. The number of nitrogens with two attached hydrogens (primary N) is 1. The van der Waals surface area contributed by atoms with E-state index in [-0.39, 0.29) is 11.9 Å². The van der Waals surface area contributed by atoms with Crippen LogP contribution in [0.5, 0.6) is 0 Å². The number of aryl methyl sites for hydroxylation is 1. The summed E-state index contributed by atoms with van der Waals surface area (Å²) in [5.41, 5.74) is 9.36. The molecule has 29 heavy (non-hydrogen) atoms. The van der Waals surface area contributed by atoms with Crippen LogP contribution >= 0.6 is 11.3 Å². The molecule has 4 N–H and O–H groups in total. The number of anilines is 3. The molecule has 0 spiro atoms. The number of hydrogen-bond donors (Lipinski definition) is 3. The first-order valence-corrected chi connectivity index (χ1v) is 10.3. The van der Waals surface area contributed by atoms with Crippen LogP contribution in [0.25, 0.3) is 10.8 Å². The van der Waals surface area contributed by atoms with Crippen molar-refractivity contribution in [2.24, 2.45) is 0 Å². The third-order valence-electron chi connectivity index (χ3n) is 5.01. The number of hydrogen-bond acceptors (Lipinski definition) is 4. The second-order valence-corrected chi connectivity index (χ2v) is 8.24. The van der Waals surface area contributed by atoms with Crippen molar-refractivity contribution >= 4 is 43.7 Å². The van der Waals surface area contributed by atoms with Gasteiger partial charge in [-0.25, -0.2) is 0 Å². The zero-order valence-electron chi connectivity index (χ0n) is 16.4. The molecular weight excluding hydrogens is 378 g/mol. The van der Waals surface area contributed by atoms with E-state index in [4.69, 9.17) is 5.73 Å². The first-order chi connectivity index (χ1) is 14.0. The molecule has 1 atom stereocenters. The van der Waals surface area contributed by atoms with Gasteiger partial charge in [-0.2, -0.15) is 0 Å². The maximum atomic E-state index is 13.0. The van der Waals surface area contributed by atoms with E-state index in [9.17, 15) is 4.79 Å². The van der Waals surface area contributed by atoms with Crippen LogP contribution in [0.4, 0.5) is 15.7 Å². The first-order valence-electron chi connectivity index (χ1n) is 9.53. The maximum absolute atomic E-state index is 13.0. The Bertz CT molecular complexity index is 1180. The van der Waals surface area contributed by atoms with Crippen LogP contribution in [-0.2, 0) is 0 Å². The van der Waals surface area contributed by atoms with Gasteiger partial charge in [0.25, 0.3) is 5.91 Å². The Morgan fingerprint density at radius 3 is 2.59 bits per heavy atom. The zero-order valence-corrected chi connectivity index (χ0v) is 17.2. The fraction of sp³-hybridized carbons (Fsp3) is 0.125. The smallest absolute Gasteiger partial charge is 0.252 e. The summed E-state index contributed by atoms with van der Waals surface area (Å²) >= 11 is 1.48. The Kier molecular flexibility index (Phi) is 5.23. The molecule has 3 aromatic carbocycles. The molecule has 0 saturated carbocycles. The number of amides is 1. The lowest BCUT2D eigenvalue weighted by Gasteiger charge is -2.18. The van der Waals surface area contributed by atoms with Gasteiger partial charge in [0.1, 0.15) is 0 Å². The van der Waals surface area contributed by atoms with Gasteiger partial charge in [0, 0.05) is 11.3 Å². The number of fused-ring (bicyclic) bond motifs is 1. The van der Waals surface area contributed by atoms with E-state index in [2.05, 4.69) is 34.9 Å². The Morgan fingerprint density at radius 2 is 1.79 bits per heavy atom. The van der Waals surface area contributed by atoms with Crippen molar-refractivity contribution in [3.05, 3.63) is 89.5 Å². The molecule has 5 heteroatoms. The molecule has 146 valence electrons. The Balaban J connectivity index is 1.56. The summed E-state index contributed by atoms with van der Waals surface area (Å²) < 4.78 is 0. The summed E-state index contributed by atoms with van der Waals surface area (Å²) in [7, 11) is 0. The van der Waals surface area contributed by atoms with Crippen molar-refractivity contribution in [1.82, 2.24) is 5.32 Å². The summed E-state index contributed by atoms with van der Waals surface area (Å²) in [5, 5.41) is 10.5. The molecule has 4 aromatic rings. The van der Waals surface area contributed by atoms with E-state index >= 15 is 0 Å². The lowest BCUT2D eigenvalue weighted by Crippen LogP contribution is -2.27. The summed E-state index contributed by atoms with van der Waals surface area (Å²) in [6.07, 6.45) is 0. The van der Waals surface area contributed by atoms with Crippen LogP contribution in [0.15, 0.2) is 72.8 Å². The molecule has 0 fully saturated rings. The van der Waals surface area contributed by atoms with Crippen molar-refractivity contribution in [1.29, 1.82) is 0 Å². The second-order valence-electron chi connectivity index (χ2n) is 7.12. The van der Waals surface area contributed by atoms with E-state index < -0.39 is 0 Å². The van der Waals surface area contributed by atoms with E-state index in [0.29, 0.717) is 5.56 Å². The molecule has 1 amide bonds. The quantitative estimate of drug-likeness (QED) is 0.383. The first kappa shape index (κ1) is 19.0. The highest BCUT2D eigenvalue weighted by molar-refractivity contribution is 7.19. The zero-order chi connectivity index (χ0) is 20.4. The largest absolute Gasteiger partial charge is 0.391 e. The fourth-order valence-electron chi connectivity index (χ4n) is 3.49. The number of carbonyl (C=O) groups is 1. The van der Waals surface area contributed by atoms with Crippen molar-refractivity contribution in [3.63, 3.8) is 0 Å². The van der Waals surface area contributed by atoms with Crippen molar-refractivity contribution in [2.75, 3.05) is 11.1 Å². The van der Waals surface area contributed by atoms with Gasteiger partial charge in [-0.1, -0.05) is 48.5 Å². The van der Waals surface area contributed by atoms with Crippen LogP contribution in [0.3, 0.4) is 0 Å². The van der Waals surface area contributed by atoms with Crippen molar-refractivity contribution < 1.29 is 4.79 Å². The average Bonchev–Trinajstić information content (AvgIpc) is 3.13. The van der Waals surface area contributed by atoms with Gasteiger partial charge in [-0.3, -0.25) is 4.79 Å². The van der Waals surface area contributed by atoms with E-state index in [1.54, 1.807) is 0 Å². The molecule has 1 heterocycles. The van der Waals surface area contributed by atoms with Crippen molar-refractivity contribution in [2.45, 2.75) is 19.9 Å². The highest BCUT2D eigenvalue weighted by Crippen LogP contribution is 2.28. The number of nitrogen functional groups attached to an aromatic ring is 1. The minimum Gasteiger partial charge on any atom is -0.391 e. The normalized spacial score (nSPS) is 11.9. The highest BCUT2D eigenvalue weighted by atomic mass is 32.1. The molecular formula is C24H23N3OS. The molecule has 0 bridgehead atoms. The number of thiophene rings is 1. The number of rotatable bonds is 5. The van der Waals surface area contributed by atoms with Gasteiger partial charge in [-0.15, -0.1) is 11.3 Å². The van der Waals surface area contributed by atoms with Gasteiger partial charge < -0.3 is 16.4 Å². The van der Waals surface area contributed by atoms with E-state index in [1.165, 1.54) is 16.7 Å². The van der Waals surface area contributed by atoms with Gasteiger partial charge in [0.15, 0.2) is 0 Å². The Hall–Kier alpha value is -3.31. The van der Waals surface area contributed by atoms with E-state index in [1.807, 2.05) is 62.4 Å². The minimum absolute atomic E-state index is 0.0859. The predicted molar refractivity (Wildman–Crippen MR) is 123 cm³/mol. The van der Waals surface area contributed by atoms with Crippen LogP contribution < -0.4 is 16.4 Å². The summed E-state index contributed by atoms with van der Waals surface area (Å²) in [4.78, 5) is 13.0. The molecule has 0 saturated heterocycles. The lowest BCUT2D eigenvalue weighted by molar-refractivity contribution is 0.0939. The highest BCUT2D eigenvalue weighted by Gasteiger charge is 2.16. The minimum atomic E-state index is -0.110. The molecule has 0 aliphatic carbocycles. The van der Waals surface area contributed by atoms with Gasteiger partial charge in [-0.05, 0) is 60.0 Å². The molecule has 0 radical (unpaired) electrons. The fourth-order valence-corrected chi connectivity index (χ4v) is 4.18. The molecule has 0 aliphatic heterocycles. The summed E-state index contributed by atoms with van der Waals surface area (Å²) in [6, 6.07) is 23.9. The Labute approximate surface area is 174 Å². The third kappa shape index (κ3) is 4.10. The number of benzene rings is 3. The number of carbonyl (C=O) groups excluding carboxylic acids is 1. The monoisotopic (exact) mass is 401 g/mol. The van der Waals surface area contributed by atoms with Gasteiger partial charge >= 0.3 is 0 Å². The average molecular weight is 402 g/mol. The van der Waals surface area contributed by atoms with E-state index in [0.717, 1.165) is 32.2 Å². The summed E-state index contributed by atoms with van der Waals surface area (Å²) in [5.74, 6) is -0.0859. The van der Waals surface area contributed by atoms with Crippen LogP contribution in [0.2, 0.25) is 0 Å².